The normalized spacial score (nSPS) is 10.3. The van der Waals surface area contributed by atoms with Crippen molar-refractivity contribution in [1.29, 1.82) is 0 Å². The van der Waals surface area contributed by atoms with Crippen LogP contribution in [0.1, 0.15) is 18.4 Å². The minimum Gasteiger partial charge on any atom is -0.492 e. The Hall–Kier alpha value is -1.96. The first-order valence-corrected chi connectivity index (χ1v) is 9.94. The molecule has 0 aliphatic rings. The van der Waals surface area contributed by atoms with E-state index in [-0.39, 0.29) is 18.9 Å². The van der Waals surface area contributed by atoms with Gasteiger partial charge in [-0.3, -0.25) is 20.4 Å². The van der Waals surface area contributed by atoms with Crippen LogP contribution in [0.5, 0.6) is 11.5 Å². The van der Waals surface area contributed by atoms with Gasteiger partial charge in [0.1, 0.15) is 11.5 Å². The summed E-state index contributed by atoms with van der Waals surface area (Å²) in [5.74, 6) is 0.241. The number of benzene rings is 2. The summed E-state index contributed by atoms with van der Waals surface area (Å²) in [5.41, 5.74) is 5.70. The lowest BCUT2D eigenvalue weighted by molar-refractivity contribution is -0.130. The molecule has 0 aromatic heterocycles. The molecular formula is C19H19BrCl2N2O4. The summed E-state index contributed by atoms with van der Waals surface area (Å²) in [6.07, 6.45) is 0.628. The van der Waals surface area contributed by atoms with Crippen molar-refractivity contribution in [3.05, 3.63) is 56.5 Å². The van der Waals surface area contributed by atoms with Crippen molar-refractivity contribution >= 4 is 50.9 Å². The fourth-order valence-corrected chi connectivity index (χ4v) is 3.18. The molecule has 0 bridgehead atoms. The van der Waals surface area contributed by atoms with Crippen molar-refractivity contribution in [3.63, 3.8) is 0 Å². The van der Waals surface area contributed by atoms with Gasteiger partial charge >= 0.3 is 0 Å². The van der Waals surface area contributed by atoms with Crippen molar-refractivity contribution in [1.82, 2.24) is 10.9 Å². The number of ether oxygens (including phenoxy) is 2. The number of hydrogen-bond acceptors (Lipinski definition) is 4. The standard InChI is InChI=1S/C19H19BrCl2N2O4/c1-12-4-6-16(14(20)9-12)28-11-19(26)24-23-18(25)3-2-8-27-17-7-5-13(21)10-15(17)22/h4-7,9-10H,2-3,8,11H2,1H3,(H,23,25)(H,24,26). The topological polar surface area (TPSA) is 76.7 Å². The summed E-state index contributed by atoms with van der Waals surface area (Å²) in [5, 5.41) is 0.926. The second kappa shape index (κ2) is 11.1. The second-order valence-electron chi connectivity index (χ2n) is 5.85. The zero-order valence-corrected chi connectivity index (χ0v) is 18.2. The van der Waals surface area contributed by atoms with E-state index in [9.17, 15) is 9.59 Å². The molecule has 2 rings (SSSR count). The van der Waals surface area contributed by atoms with Crippen molar-refractivity contribution in [2.45, 2.75) is 19.8 Å². The van der Waals surface area contributed by atoms with Crippen LogP contribution in [0, 0.1) is 6.92 Å². The number of aryl methyl sites for hydroxylation is 1. The van der Waals surface area contributed by atoms with E-state index in [4.69, 9.17) is 32.7 Å². The van der Waals surface area contributed by atoms with Crippen molar-refractivity contribution in [2.24, 2.45) is 0 Å². The molecule has 0 fully saturated rings. The maximum absolute atomic E-state index is 11.8. The summed E-state index contributed by atoms with van der Waals surface area (Å²) in [4.78, 5) is 23.5. The zero-order chi connectivity index (χ0) is 20.5. The van der Waals surface area contributed by atoms with Crippen molar-refractivity contribution < 1.29 is 19.1 Å². The Balaban J connectivity index is 1.61. The molecule has 150 valence electrons. The highest BCUT2D eigenvalue weighted by Gasteiger charge is 2.08. The first-order valence-electron chi connectivity index (χ1n) is 8.39. The summed E-state index contributed by atoms with van der Waals surface area (Å²) < 4.78 is 11.6. The van der Waals surface area contributed by atoms with Crippen molar-refractivity contribution in [2.75, 3.05) is 13.2 Å². The smallest absolute Gasteiger partial charge is 0.276 e. The third-order valence-electron chi connectivity index (χ3n) is 3.49. The van der Waals surface area contributed by atoms with Crippen LogP contribution in [0.2, 0.25) is 10.0 Å². The molecule has 2 aromatic rings. The number of rotatable bonds is 8. The van der Waals surface area contributed by atoms with E-state index < -0.39 is 5.91 Å². The molecule has 0 unspecified atom stereocenters. The van der Waals surface area contributed by atoms with Crippen LogP contribution >= 0.6 is 39.1 Å². The lowest BCUT2D eigenvalue weighted by Gasteiger charge is -2.11. The third-order valence-corrected chi connectivity index (χ3v) is 4.64. The predicted octanol–water partition coefficient (Wildman–Crippen LogP) is 4.45. The van der Waals surface area contributed by atoms with Gasteiger partial charge in [-0.05, 0) is 65.2 Å². The molecule has 2 aromatic carbocycles. The predicted molar refractivity (Wildman–Crippen MR) is 112 cm³/mol. The quantitative estimate of drug-likeness (QED) is 0.424. The Morgan fingerprint density at radius 1 is 1.00 bits per heavy atom. The van der Waals surface area contributed by atoms with Gasteiger partial charge in [0.25, 0.3) is 5.91 Å². The number of hydrogen-bond donors (Lipinski definition) is 2. The summed E-state index contributed by atoms with van der Waals surface area (Å²) in [6, 6.07) is 10.4. The average molecular weight is 490 g/mol. The van der Waals surface area contributed by atoms with E-state index >= 15 is 0 Å². The highest BCUT2D eigenvalue weighted by atomic mass is 79.9. The van der Waals surface area contributed by atoms with Crippen LogP contribution < -0.4 is 20.3 Å². The molecule has 0 aliphatic heterocycles. The molecule has 0 spiro atoms. The molecule has 2 amide bonds. The van der Waals surface area contributed by atoms with Gasteiger partial charge in [-0.2, -0.15) is 0 Å². The van der Waals surface area contributed by atoms with E-state index in [1.807, 2.05) is 19.1 Å². The van der Waals surface area contributed by atoms with Crippen LogP contribution in [0.15, 0.2) is 40.9 Å². The Kier molecular flexibility index (Phi) is 8.89. The molecule has 2 N–H and O–H groups in total. The highest BCUT2D eigenvalue weighted by molar-refractivity contribution is 9.10. The molecule has 0 saturated carbocycles. The minimum absolute atomic E-state index is 0.176. The lowest BCUT2D eigenvalue weighted by Crippen LogP contribution is -2.43. The minimum atomic E-state index is -0.468. The molecular weight excluding hydrogens is 471 g/mol. The van der Waals surface area contributed by atoms with Gasteiger partial charge in [-0.1, -0.05) is 29.3 Å². The van der Waals surface area contributed by atoms with E-state index in [1.165, 1.54) is 0 Å². The Bertz CT molecular complexity index is 849. The van der Waals surface area contributed by atoms with Crippen LogP contribution in [-0.4, -0.2) is 25.0 Å². The SMILES string of the molecule is Cc1ccc(OCC(=O)NNC(=O)CCCOc2ccc(Cl)cc2Cl)c(Br)c1. The summed E-state index contributed by atoms with van der Waals surface area (Å²) >= 11 is 15.2. The Morgan fingerprint density at radius 3 is 2.43 bits per heavy atom. The summed E-state index contributed by atoms with van der Waals surface area (Å²) in [7, 11) is 0. The first kappa shape index (κ1) is 22.3. The maximum Gasteiger partial charge on any atom is 0.276 e. The number of nitrogens with one attached hydrogen (secondary N) is 2. The highest BCUT2D eigenvalue weighted by Crippen LogP contribution is 2.27. The molecule has 0 atom stereocenters. The number of carbonyl (C=O) groups excluding carboxylic acids is 2. The maximum atomic E-state index is 11.8. The van der Waals surface area contributed by atoms with E-state index in [0.29, 0.717) is 34.6 Å². The monoisotopic (exact) mass is 488 g/mol. The van der Waals surface area contributed by atoms with Gasteiger partial charge in [0, 0.05) is 11.4 Å². The van der Waals surface area contributed by atoms with Gasteiger partial charge in [0.2, 0.25) is 5.91 Å². The first-order chi connectivity index (χ1) is 13.3. The third kappa shape index (κ3) is 7.58. The second-order valence-corrected chi connectivity index (χ2v) is 7.54. The van der Waals surface area contributed by atoms with E-state index in [1.54, 1.807) is 24.3 Å². The van der Waals surface area contributed by atoms with Crippen LogP contribution in [-0.2, 0) is 9.59 Å². The number of amides is 2. The number of halogens is 3. The fraction of sp³-hybridized carbons (Fsp3) is 0.263. The Labute approximate surface area is 181 Å². The average Bonchev–Trinajstić information content (AvgIpc) is 2.64. The Morgan fingerprint density at radius 2 is 1.71 bits per heavy atom. The molecule has 0 aliphatic carbocycles. The molecule has 6 nitrogen and oxygen atoms in total. The van der Waals surface area contributed by atoms with Gasteiger partial charge in [-0.15, -0.1) is 0 Å². The van der Waals surface area contributed by atoms with Crippen LogP contribution in [0.25, 0.3) is 0 Å². The van der Waals surface area contributed by atoms with Crippen LogP contribution in [0.3, 0.4) is 0 Å². The molecule has 28 heavy (non-hydrogen) atoms. The lowest BCUT2D eigenvalue weighted by atomic mass is 10.2. The van der Waals surface area contributed by atoms with Gasteiger partial charge < -0.3 is 9.47 Å². The van der Waals surface area contributed by atoms with Gasteiger partial charge in [0.15, 0.2) is 6.61 Å². The zero-order valence-electron chi connectivity index (χ0n) is 15.1. The van der Waals surface area contributed by atoms with E-state index in [0.717, 1.165) is 10.0 Å². The number of carbonyl (C=O) groups is 2. The van der Waals surface area contributed by atoms with Crippen molar-refractivity contribution in [3.8, 4) is 11.5 Å². The van der Waals surface area contributed by atoms with E-state index in [2.05, 4.69) is 26.8 Å². The van der Waals surface area contributed by atoms with Crippen LogP contribution in [0.4, 0.5) is 0 Å². The molecule has 9 heteroatoms. The number of hydrazine groups is 1. The summed E-state index contributed by atoms with van der Waals surface area (Å²) in [6.45, 7) is 2.03. The molecule has 0 radical (unpaired) electrons. The largest absolute Gasteiger partial charge is 0.492 e. The fourth-order valence-electron chi connectivity index (χ4n) is 2.11. The van der Waals surface area contributed by atoms with Gasteiger partial charge in [-0.25, -0.2) is 0 Å². The molecule has 0 heterocycles. The molecule has 0 saturated heterocycles. The van der Waals surface area contributed by atoms with Gasteiger partial charge in [0.05, 0.1) is 16.1 Å².